The molecule has 0 bridgehead atoms. The van der Waals surface area contributed by atoms with Crippen LogP contribution in [0.15, 0.2) is 0 Å². The number of aliphatic hydroxyl groups excluding tert-OH is 1. The summed E-state index contributed by atoms with van der Waals surface area (Å²) in [6, 6.07) is 0. The van der Waals surface area contributed by atoms with E-state index in [1.807, 2.05) is 20.8 Å². The average molecular weight is 186 g/mol. The number of esters is 1. The van der Waals surface area contributed by atoms with E-state index in [-0.39, 0.29) is 17.5 Å². The van der Waals surface area contributed by atoms with Gasteiger partial charge in [0.15, 0.2) is 0 Å². The summed E-state index contributed by atoms with van der Waals surface area (Å²) in [6.07, 6.45) is 1.24. The summed E-state index contributed by atoms with van der Waals surface area (Å²) in [5.41, 5.74) is -0.220. The standard InChI is InChI=1S/C10H18O3/c1-10(2,3)9(12)7-5-4-6-8(11)13-7/h7,9,12H,4-6H2,1-3H3. The molecule has 0 aromatic rings. The number of ether oxygens (including phenoxy) is 1. The fourth-order valence-corrected chi connectivity index (χ4v) is 1.51. The van der Waals surface area contributed by atoms with E-state index in [1.54, 1.807) is 0 Å². The minimum absolute atomic E-state index is 0.181. The second kappa shape index (κ2) is 3.66. The summed E-state index contributed by atoms with van der Waals surface area (Å²) < 4.78 is 5.09. The first-order valence-corrected chi connectivity index (χ1v) is 4.79. The molecule has 2 atom stereocenters. The number of cyclic esters (lactones) is 1. The molecule has 1 N–H and O–H groups in total. The van der Waals surface area contributed by atoms with Crippen molar-refractivity contribution in [2.45, 2.75) is 52.2 Å². The molecule has 1 heterocycles. The lowest BCUT2D eigenvalue weighted by molar-refractivity contribution is -0.166. The van der Waals surface area contributed by atoms with Gasteiger partial charge in [-0.25, -0.2) is 0 Å². The molecule has 0 radical (unpaired) electrons. The monoisotopic (exact) mass is 186 g/mol. The van der Waals surface area contributed by atoms with Crippen LogP contribution in [0.3, 0.4) is 0 Å². The molecule has 0 spiro atoms. The Balaban J connectivity index is 2.56. The van der Waals surface area contributed by atoms with E-state index in [0.29, 0.717) is 6.42 Å². The maximum Gasteiger partial charge on any atom is 0.306 e. The summed E-state index contributed by atoms with van der Waals surface area (Å²) in [6.45, 7) is 5.83. The van der Waals surface area contributed by atoms with Gasteiger partial charge in [0.05, 0.1) is 6.10 Å². The number of hydrogen-bond acceptors (Lipinski definition) is 3. The summed E-state index contributed by atoms with van der Waals surface area (Å²) >= 11 is 0. The Morgan fingerprint density at radius 1 is 1.54 bits per heavy atom. The van der Waals surface area contributed by atoms with Crippen LogP contribution in [0.25, 0.3) is 0 Å². The molecular weight excluding hydrogens is 168 g/mol. The normalized spacial score (nSPS) is 26.8. The molecule has 13 heavy (non-hydrogen) atoms. The van der Waals surface area contributed by atoms with Gasteiger partial charge in [-0.05, 0) is 18.3 Å². The maximum atomic E-state index is 11.0. The van der Waals surface area contributed by atoms with Crippen LogP contribution in [0.1, 0.15) is 40.0 Å². The van der Waals surface area contributed by atoms with E-state index in [0.717, 1.165) is 12.8 Å². The lowest BCUT2D eigenvalue weighted by Crippen LogP contribution is -2.42. The van der Waals surface area contributed by atoms with Gasteiger partial charge in [0.25, 0.3) is 0 Å². The molecule has 1 aliphatic heterocycles. The summed E-state index contributed by atoms with van der Waals surface area (Å²) in [5.74, 6) is -0.181. The van der Waals surface area contributed by atoms with Crippen molar-refractivity contribution in [3.63, 3.8) is 0 Å². The molecule has 3 nitrogen and oxygen atoms in total. The van der Waals surface area contributed by atoms with Crippen LogP contribution >= 0.6 is 0 Å². The molecule has 0 aliphatic carbocycles. The highest BCUT2D eigenvalue weighted by Crippen LogP contribution is 2.28. The molecule has 0 saturated carbocycles. The van der Waals surface area contributed by atoms with E-state index >= 15 is 0 Å². The average Bonchev–Trinajstić information content (AvgIpc) is 2.01. The van der Waals surface area contributed by atoms with E-state index in [2.05, 4.69) is 0 Å². The maximum absolute atomic E-state index is 11.0. The lowest BCUT2D eigenvalue weighted by Gasteiger charge is -2.34. The summed E-state index contributed by atoms with van der Waals surface area (Å²) in [4.78, 5) is 11.0. The molecule has 1 aliphatic rings. The quantitative estimate of drug-likeness (QED) is 0.631. The topological polar surface area (TPSA) is 46.5 Å². The smallest absolute Gasteiger partial charge is 0.306 e. The first kappa shape index (κ1) is 10.5. The van der Waals surface area contributed by atoms with Gasteiger partial charge in [-0.15, -0.1) is 0 Å². The number of carbonyl (C=O) groups is 1. The van der Waals surface area contributed by atoms with Crippen LogP contribution in [0, 0.1) is 5.41 Å². The molecule has 1 rings (SSSR count). The molecule has 0 amide bonds. The van der Waals surface area contributed by atoms with Crippen molar-refractivity contribution in [2.75, 3.05) is 0 Å². The Morgan fingerprint density at radius 2 is 2.15 bits per heavy atom. The van der Waals surface area contributed by atoms with Crippen molar-refractivity contribution in [2.24, 2.45) is 5.41 Å². The Kier molecular flexibility index (Phi) is 2.96. The summed E-state index contributed by atoms with van der Waals surface area (Å²) in [7, 11) is 0. The van der Waals surface area contributed by atoms with Crippen molar-refractivity contribution in [3.8, 4) is 0 Å². The molecule has 76 valence electrons. The summed E-state index contributed by atoms with van der Waals surface area (Å²) in [5, 5.41) is 9.85. The molecule has 1 fully saturated rings. The van der Waals surface area contributed by atoms with Crippen molar-refractivity contribution < 1.29 is 14.6 Å². The molecule has 2 unspecified atom stereocenters. The molecule has 1 saturated heterocycles. The fraction of sp³-hybridized carbons (Fsp3) is 0.900. The molecule has 0 aromatic heterocycles. The fourth-order valence-electron chi connectivity index (χ4n) is 1.51. The van der Waals surface area contributed by atoms with E-state index in [9.17, 15) is 9.90 Å². The Bertz CT molecular complexity index is 193. The number of aliphatic hydroxyl groups is 1. The lowest BCUT2D eigenvalue weighted by atomic mass is 9.83. The van der Waals surface area contributed by atoms with Crippen LogP contribution in [0.2, 0.25) is 0 Å². The second-order valence-corrected chi connectivity index (χ2v) is 4.73. The van der Waals surface area contributed by atoms with Gasteiger partial charge in [0, 0.05) is 6.42 Å². The minimum Gasteiger partial charge on any atom is -0.460 e. The van der Waals surface area contributed by atoms with Gasteiger partial charge < -0.3 is 9.84 Å². The van der Waals surface area contributed by atoms with Gasteiger partial charge in [0.2, 0.25) is 0 Å². The first-order chi connectivity index (χ1) is 5.91. The van der Waals surface area contributed by atoms with E-state index in [4.69, 9.17) is 4.74 Å². The van der Waals surface area contributed by atoms with Crippen LogP contribution in [-0.2, 0) is 9.53 Å². The van der Waals surface area contributed by atoms with Crippen LogP contribution in [0.4, 0.5) is 0 Å². The second-order valence-electron chi connectivity index (χ2n) is 4.73. The predicted octanol–water partition coefficient (Wildman–Crippen LogP) is 1.49. The van der Waals surface area contributed by atoms with Crippen molar-refractivity contribution in [3.05, 3.63) is 0 Å². The van der Waals surface area contributed by atoms with Gasteiger partial charge in [-0.3, -0.25) is 4.79 Å². The molecule has 3 heteroatoms. The highest BCUT2D eigenvalue weighted by Gasteiger charge is 2.34. The SMILES string of the molecule is CC(C)(C)C(O)C1CCCC(=O)O1. The van der Waals surface area contributed by atoms with E-state index < -0.39 is 6.10 Å². The van der Waals surface area contributed by atoms with Crippen molar-refractivity contribution in [1.82, 2.24) is 0 Å². The van der Waals surface area contributed by atoms with Gasteiger partial charge >= 0.3 is 5.97 Å². The third-order valence-corrected chi connectivity index (χ3v) is 2.39. The minimum atomic E-state index is -0.559. The van der Waals surface area contributed by atoms with Crippen LogP contribution < -0.4 is 0 Å². The Labute approximate surface area is 79.1 Å². The van der Waals surface area contributed by atoms with Crippen LogP contribution in [0.5, 0.6) is 0 Å². The van der Waals surface area contributed by atoms with Gasteiger partial charge in [-0.2, -0.15) is 0 Å². The largest absolute Gasteiger partial charge is 0.460 e. The van der Waals surface area contributed by atoms with Gasteiger partial charge in [-0.1, -0.05) is 20.8 Å². The van der Waals surface area contributed by atoms with Gasteiger partial charge in [0.1, 0.15) is 6.10 Å². The number of rotatable bonds is 1. The predicted molar refractivity (Wildman–Crippen MR) is 49.2 cm³/mol. The first-order valence-electron chi connectivity index (χ1n) is 4.79. The third kappa shape index (κ3) is 2.69. The number of carbonyl (C=O) groups excluding carboxylic acids is 1. The number of hydrogen-bond donors (Lipinski definition) is 1. The highest BCUT2D eigenvalue weighted by atomic mass is 16.6. The zero-order chi connectivity index (χ0) is 10.1. The van der Waals surface area contributed by atoms with E-state index in [1.165, 1.54) is 0 Å². The highest BCUT2D eigenvalue weighted by molar-refractivity contribution is 5.70. The zero-order valence-corrected chi connectivity index (χ0v) is 8.54. The van der Waals surface area contributed by atoms with Crippen molar-refractivity contribution in [1.29, 1.82) is 0 Å². The molecule has 0 aromatic carbocycles. The van der Waals surface area contributed by atoms with Crippen molar-refractivity contribution >= 4 is 5.97 Å². The third-order valence-electron chi connectivity index (χ3n) is 2.39. The Morgan fingerprint density at radius 3 is 2.62 bits per heavy atom. The zero-order valence-electron chi connectivity index (χ0n) is 8.54. The Hall–Kier alpha value is -0.570. The molecular formula is C10H18O3. The van der Waals surface area contributed by atoms with Crippen LogP contribution in [-0.4, -0.2) is 23.3 Å².